The molecule has 0 radical (unpaired) electrons. The maximum Gasteiger partial charge on any atom is 0.237 e. The molecule has 4 nitrogen and oxygen atoms in total. The molecule has 1 spiro atoms. The molecule has 2 heterocycles. The molecule has 1 aromatic heterocycles. The van der Waals surface area contributed by atoms with Crippen molar-refractivity contribution in [3.63, 3.8) is 0 Å². The summed E-state index contributed by atoms with van der Waals surface area (Å²) in [6, 6.07) is 4.47. The molecule has 1 saturated heterocycles. The van der Waals surface area contributed by atoms with Crippen molar-refractivity contribution in [1.82, 2.24) is 4.98 Å². The number of pyridine rings is 1. The van der Waals surface area contributed by atoms with Gasteiger partial charge in [-0.1, -0.05) is 12.8 Å². The Balaban J connectivity index is 1.68. The van der Waals surface area contributed by atoms with Crippen LogP contribution in [-0.2, 0) is 4.74 Å². The van der Waals surface area contributed by atoms with Crippen LogP contribution in [0.5, 0.6) is 5.88 Å². The minimum atomic E-state index is 0.135. The molecule has 2 aliphatic rings. The van der Waals surface area contributed by atoms with Crippen molar-refractivity contribution < 1.29 is 9.47 Å². The lowest BCUT2D eigenvalue weighted by Gasteiger charge is -2.39. The van der Waals surface area contributed by atoms with E-state index < -0.39 is 0 Å². The van der Waals surface area contributed by atoms with Gasteiger partial charge in [-0.3, -0.25) is 0 Å². The number of nitrogens with one attached hydrogen (secondary N) is 1. The zero-order valence-corrected chi connectivity index (χ0v) is 13.1. The summed E-state index contributed by atoms with van der Waals surface area (Å²) in [6.45, 7) is 4.92. The minimum Gasteiger partial charge on any atom is -0.473 e. The molecule has 1 aromatic rings. The first-order valence-electron chi connectivity index (χ1n) is 8.19. The van der Waals surface area contributed by atoms with Crippen LogP contribution in [0.25, 0.3) is 0 Å². The Morgan fingerprint density at radius 2 is 2.19 bits per heavy atom. The van der Waals surface area contributed by atoms with Gasteiger partial charge in [0.1, 0.15) is 0 Å². The lowest BCUT2D eigenvalue weighted by molar-refractivity contribution is -0.0767. The molecule has 1 aliphatic heterocycles. The van der Waals surface area contributed by atoms with Crippen LogP contribution >= 0.6 is 0 Å². The standard InChI is InChI=1S/C17H26N2O2/c1-13(2)21-16-15(6-5-10-18-16)19-14-7-11-20-17(12-14)8-3-4-9-17/h5-6,10,13-14,19H,3-4,7-9,11-12H2,1-2H3. The third-order valence-electron chi connectivity index (χ3n) is 4.49. The number of anilines is 1. The topological polar surface area (TPSA) is 43.4 Å². The molecule has 1 N–H and O–H groups in total. The maximum atomic E-state index is 6.10. The second-order valence-corrected chi connectivity index (χ2v) is 6.60. The van der Waals surface area contributed by atoms with Crippen LogP contribution in [-0.4, -0.2) is 29.3 Å². The Hall–Kier alpha value is -1.29. The summed E-state index contributed by atoms with van der Waals surface area (Å²) < 4.78 is 11.9. The molecule has 1 unspecified atom stereocenters. The van der Waals surface area contributed by atoms with E-state index in [1.807, 2.05) is 19.9 Å². The van der Waals surface area contributed by atoms with E-state index in [1.54, 1.807) is 6.20 Å². The zero-order valence-electron chi connectivity index (χ0n) is 13.1. The summed E-state index contributed by atoms with van der Waals surface area (Å²) >= 11 is 0. The molecular weight excluding hydrogens is 264 g/mol. The summed E-state index contributed by atoms with van der Waals surface area (Å²) in [6.07, 6.45) is 9.12. The highest BCUT2D eigenvalue weighted by molar-refractivity contribution is 5.53. The first kappa shape index (κ1) is 14.6. The number of aromatic nitrogens is 1. The number of nitrogens with zero attached hydrogens (tertiary/aromatic N) is 1. The van der Waals surface area contributed by atoms with Gasteiger partial charge in [0.25, 0.3) is 0 Å². The monoisotopic (exact) mass is 290 g/mol. The molecule has 0 aromatic carbocycles. The highest BCUT2D eigenvalue weighted by atomic mass is 16.5. The fraction of sp³-hybridized carbons (Fsp3) is 0.706. The van der Waals surface area contributed by atoms with Crippen molar-refractivity contribution in [2.75, 3.05) is 11.9 Å². The largest absolute Gasteiger partial charge is 0.473 e. The van der Waals surface area contributed by atoms with Crippen molar-refractivity contribution >= 4 is 5.69 Å². The van der Waals surface area contributed by atoms with Crippen LogP contribution in [0.1, 0.15) is 52.4 Å². The van der Waals surface area contributed by atoms with E-state index in [-0.39, 0.29) is 11.7 Å². The highest BCUT2D eigenvalue weighted by Crippen LogP contribution is 2.41. The second kappa shape index (κ2) is 6.22. The van der Waals surface area contributed by atoms with Gasteiger partial charge in [-0.15, -0.1) is 0 Å². The Bertz CT molecular complexity index is 470. The van der Waals surface area contributed by atoms with Crippen LogP contribution in [0.15, 0.2) is 18.3 Å². The Morgan fingerprint density at radius 1 is 1.38 bits per heavy atom. The predicted octanol–water partition coefficient (Wildman–Crippen LogP) is 3.77. The van der Waals surface area contributed by atoms with Crippen LogP contribution < -0.4 is 10.1 Å². The summed E-state index contributed by atoms with van der Waals surface area (Å²) in [7, 11) is 0. The lowest BCUT2D eigenvalue weighted by Crippen LogP contribution is -2.42. The van der Waals surface area contributed by atoms with Crippen LogP contribution in [0.4, 0.5) is 5.69 Å². The van der Waals surface area contributed by atoms with Crippen molar-refractivity contribution in [3.8, 4) is 5.88 Å². The molecule has 21 heavy (non-hydrogen) atoms. The van der Waals surface area contributed by atoms with E-state index in [9.17, 15) is 0 Å². The lowest BCUT2D eigenvalue weighted by atomic mass is 9.89. The zero-order chi connectivity index (χ0) is 14.7. The Labute approximate surface area is 127 Å². The summed E-state index contributed by atoms with van der Waals surface area (Å²) in [5.74, 6) is 0.708. The molecule has 0 amide bonds. The number of ether oxygens (including phenoxy) is 2. The number of rotatable bonds is 4. The molecular formula is C17H26N2O2. The number of hydrogen-bond acceptors (Lipinski definition) is 4. The predicted molar refractivity (Wildman–Crippen MR) is 83.8 cm³/mol. The van der Waals surface area contributed by atoms with E-state index in [0.717, 1.165) is 25.1 Å². The van der Waals surface area contributed by atoms with E-state index in [2.05, 4.69) is 16.4 Å². The van der Waals surface area contributed by atoms with Gasteiger partial charge in [0.15, 0.2) is 0 Å². The SMILES string of the molecule is CC(C)Oc1ncccc1NC1CCOC2(CCCC2)C1. The van der Waals surface area contributed by atoms with Crippen molar-refractivity contribution in [2.45, 2.75) is 70.1 Å². The quantitative estimate of drug-likeness (QED) is 0.916. The third-order valence-corrected chi connectivity index (χ3v) is 4.49. The first-order chi connectivity index (χ1) is 10.2. The fourth-order valence-corrected chi connectivity index (χ4v) is 3.56. The molecule has 1 aliphatic carbocycles. The van der Waals surface area contributed by atoms with Crippen LogP contribution in [0.2, 0.25) is 0 Å². The van der Waals surface area contributed by atoms with Crippen molar-refractivity contribution in [3.05, 3.63) is 18.3 Å². The van der Waals surface area contributed by atoms with Gasteiger partial charge >= 0.3 is 0 Å². The molecule has 0 bridgehead atoms. The van der Waals surface area contributed by atoms with E-state index in [0.29, 0.717) is 11.9 Å². The van der Waals surface area contributed by atoms with E-state index >= 15 is 0 Å². The second-order valence-electron chi connectivity index (χ2n) is 6.60. The summed E-state index contributed by atoms with van der Waals surface area (Å²) in [5.41, 5.74) is 1.14. The highest BCUT2D eigenvalue weighted by Gasteiger charge is 2.40. The minimum absolute atomic E-state index is 0.135. The molecule has 2 fully saturated rings. The van der Waals surface area contributed by atoms with Gasteiger partial charge in [0.2, 0.25) is 5.88 Å². The van der Waals surface area contributed by atoms with Crippen molar-refractivity contribution in [1.29, 1.82) is 0 Å². The van der Waals surface area contributed by atoms with Gasteiger partial charge in [0, 0.05) is 18.8 Å². The average molecular weight is 290 g/mol. The van der Waals surface area contributed by atoms with Gasteiger partial charge in [-0.05, 0) is 51.7 Å². The molecule has 4 heteroatoms. The Kier molecular flexibility index (Phi) is 4.34. The number of hydrogen-bond donors (Lipinski definition) is 1. The fourth-order valence-electron chi connectivity index (χ4n) is 3.56. The first-order valence-corrected chi connectivity index (χ1v) is 8.19. The Morgan fingerprint density at radius 3 is 2.95 bits per heavy atom. The summed E-state index contributed by atoms with van der Waals surface area (Å²) in [4.78, 5) is 4.36. The molecule has 3 rings (SSSR count). The average Bonchev–Trinajstić information content (AvgIpc) is 2.88. The van der Waals surface area contributed by atoms with E-state index in [1.165, 1.54) is 25.7 Å². The van der Waals surface area contributed by atoms with Gasteiger partial charge in [0.05, 0.1) is 17.4 Å². The third kappa shape index (κ3) is 3.49. The molecule has 1 atom stereocenters. The van der Waals surface area contributed by atoms with Gasteiger partial charge in [-0.2, -0.15) is 0 Å². The molecule has 1 saturated carbocycles. The van der Waals surface area contributed by atoms with Crippen molar-refractivity contribution in [2.24, 2.45) is 0 Å². The van der Waals surface area contributed by atoms with Gasteiger partial charge < -0.3 is 14.8 Å². The normalized spacial score (nSPS) is 24.4. The van der Waals surface area contributed by atoms with Gasteiger partial charge in [-0.25, -0.2) is 4.98 Å². The maximum absolute atomic E-state index is 6.10. The van der Waals surface area contributed by atoms with Crippen LogP contribution in [0.3, 0.4) is 0 Å². The van der Waals surface area contributed by atoms with Crippen LogP contribution in [0, 0.1) is 0 Å². The smallest absolute Gasteiger partial charge is 0.237 e. The van der Waals surface area contributed by atoms with E-state index in [4.69, 9.17) is 9.47 Å². The summed E-state index contributed by atoms with van der Waals surface area (Å²) in [5, 5.41) is 3.64. The molecule has 116 valence electrons.